The molecule has 7 nitrogen and oxygen atoms in total. The SMILES string of the molecule is CCc1nc(CS(=O)(=O)c2ccc(C(=O)O)cc2)no1. The lowest BCUT2D eigenvalue weighted by molar-refractivity contribution is 0.0696. The first-order valence-corrected chi connectivity index (χ1v) is 7.45. The zero-order valence-corrected chi connectivity index (χ0v) is 11.4. The van der Waals surface area contributed by atoms with E-state index in [4.69, 9.17) is 9.63 Å². The van der Waals surface area contributed by atoms with E-state index >= 15 is 0 Å². The number of rotatable bonds is 5. The molecular formula is C12H12N2O5S. The van der Waals surface area contributed by atoms with Crippen molar-refractivity contribution in [3.63, 3.8) is 0 Å². The zero-order valence-electron chi connectivity index (χ0n) is 10.6. The number of aryl methyl sites for hydroxylation is 1. The van der Waals surface area contributed by atoms with E-state index in [9.17, 15) is 13.2 Å². The van der Waals surface area contributed by atoms with E-state index in [0.29, 0.717) is 12.3 Å². The van der Waals surface area contributed by atoms with Crippen molar-refractivity contribution in [1.29, 1.82) is 0 Å². The van der Waals surface area contributed by atoms with Gasteiger partial charge in [-0.2, -0.15) is 4.98 Å². The molecule has 0 aliphatic rings. The predicted octanol–water partition coefficient (Wildman–Crippen LogP) is 1.30. The van der Waals surface area contributed by atoms with Crippen LogP contribution in [0.3, 0.4) is 0 Å². The van der Waals surface area contributed by atoms with Crippen molar-refractivity contribution in [3.8, 4) is 0 Å². The van der Waals surface area contributed by atoms with Crippen LogP contribution >= 0.6 is 0 Å². The third kappa shape index (κ3) is 3.02. The Hall–Kier alpha value is -2.22. The minimum Gasteiger partial charge on any atom is -0.478 e. The third-order valence-electron chi connectivity index (χ3n) is 2.59. The summed E-state index contributed by atoms with van der Waals surface area (Å²) in [4.78, 5) is 14.7. The maximum Gasteiger partial charge on any atom is 0.335 e. The molecule has 2 rings (SSSR count). The molecular weight excluding hydrogens is 284 g/mol. The van der Waals surface area contributed by atoms with Gasteiger partial charge in [-0.25, -0.2) is 13.2 Å². The van der Waals surface area contributed by atoms with Crippen LogP contribution in [-0.4, -0.2) is 29.6 Å². The van der Waals surface area contributed by atoms with Crippen LogP contribution in [0.1, 0.15) is 29.0 Å². The number of carboxylic acids is 1. The fraction of sp³-hybridized carbons (Fsp3) is 0.250. The molecule has 1 N–H and O–H groups in total. The number of aromatic carboxylic acids is 1. The third-order valence-corrected chi connectivity index (χ3v) is 4.22. The molecule has 1 aromatic heterocycles. The summed E-state index contributed by atoms with van der Waals surface area (Å²) in [7, 11) is -3.63. The zero-order chi connectivity index (χ0) is 14.8. The maximum atomic E-state index is 12.1. The predicted molar refractivity (Wildman–Crippen MR) is 68.0 cm³/mol. The molecule has 106 valence electrons. The molecule has 0 radical (unpaired) electrons. The van der Waals surface area contributed by atoms with Gasteiger partial charge in [0.25, 0.3) is 0 Å². The number of carboxylic acid groups (broad SMARTS) is 1. The number of sulfone groups is 1. The van der Waals surface area contributed by atoms with Gasteiger partial charge in [0.15, 0.2) is 15.7 Å². The molecule has 0 spiro atoms. The molecule has 0 amide bonds. The molecule has 8 heteroatoms. The van der Waals surface area contributed by atoms with Gasteiger partial charge in [0, 0.05) is 6.42 Å². The largest absolute Gasteiger partial charge is 0.478 e. The van der Waals surface area contributed by atoms with E-state index in [1.54, 1.807) is 0 Å². The molecule has 20 heavy (non-hydrogen) atoms. The van der Waals surface area contributed by atoms with E-state index in [2.05, 4.69) is 10.1 Å². The first-order valence-electron chi connectivity index (χ1n) is 5.80. The number of aromatic nitrogens is 2. The van der Waals surface area contributed by atoms with Gasteiger partial charge in [0.1, 0.15) is 5.75 Å². The van der Waals surface area contributed by atoms with Gasteiger partial charge >= 0.3 is 5.97 Å². The smallest absolute Gasteiger partial charge is 0.335 e. The summed E-state index contributed by atoms with van der Waals surface area (Å²) in [5.41, 5.74) is 0.0248. The van der Waals surface area contributed by atoms with Crippen LogP contribution < -0.4 is 0 Å². The van der Waals surface area contributed by atoms with Crippen LogP contribution in [0.15, 0.2) is 33.7 Å². The molecule has 0 saturated carbocycles. The van der Waals surface area contributed by atoms with Gasteiger partial charge in [-0.05, 0) is 24.3 Å². The van der Waals surface area contributed by atoms with E-state index in [1.165, 1.54) is 24.3 Å². The van der Waals surface area contributed by atoms with Gasteiger partial charge in [-0.15, -0.1) is 0 Å². The first-order chi connectivity index (χ1) is 9.42. The van der Waals surface area contributed by atoms with Gasteiger partial charge in [0.2, 0.25) is 5.89 Å². The summed E-state index contributed by atoms with van der Waals surface area (Å²) in [5, 5.41) is 12.3. The minimum atomic E-state index is -3.63. The second-order valence-corrected chi connectivity index (χ2v) is 6.04. The number of carbonyl (C=O) groups is 1. The van der Waals surface area contributed by atoms with Crippen LogP contribution in [0.25, 0.3) is 0 Å². The van der Waals surface area contributed by atoms with Crippen LogP contribution in [0.5, 0.6) is 0 Å². The molecule has 0 aliphatic carbocycles. The van der Waals surface area contributed by atoms with E-state index in [-0.39, 0.29) is 22.0 Å². The average Bonchev–Trinajstić information content (AvgIpc) is 2.85. The number of nitrogens with zero attached hydrogens (tertiary/aromatic N) is 2. The van der Waals surface area contributed by atoms with Crippen LogP contribution in [0.4, 0.5) is 0 Å². The standard InChI is InChI=1S/C12H12N2O5S/c1-2-11-13-10(14-19-11)7-20(17,18)9-5-3-8(4-6-9)12(15)16/h3-6H,2,7H2,1H3,(H,15,16). The fourth-order valence-electron chi connectivity index (χ4n) is 1.55. The first kappa shape index (κ1) is 14.2. The van der Waals surface area contributed by atoms with E-state index < -0.39 is 15.8 Å². The van der Waals surface area contributed by atoms with Gasteiger partial charge in [-0.3, -0.25) is 0 Å². The topological polar surface area (TPSA) is 110 Å². The lowest BCUT2D eigenvalue weighted by Gasteiger charge is -2.02. The normalized spacial score (nSPS) is 11.4. The Balaban J connectivity index is 2.23. The van der Waals surface area contributed by atoms with Crippen molar-refractivity contribution in [1.82, 2.24) is 10.1 Å². The molecule has 0 bridgehead atoms. The van der Waals surface area contributed by atoms with E-state index in [0.717, 1.165) is 0 Å². The van der Waals surface area contributed by atoms with Crippen molar-refractivity contribution in [3.05, 3.63) is 41.5 Å². The Labute approximate surface area is 115 Å². The quantitative estimate of drug-likeness (QED) is 0.885. The molecule has 0 aliphatic heterocycles. The van der Waals surface area contributed by atoms with Gasteiger partial charge < -0.3 is 9.63 Å². The van der Waals surface area contributed by atoms with Crippen LogP contribution in [0, 0.1) is 0 Å². The molecule has 0 fully saturated rings. The van der Waals surface area contributed by atoms with Crippen molar-refractivity contribution in [2.24, 2.45) is 0 Å². The summed E-state index contributed by atoms with van der Waals surface area (Å²) < 4.78 is 29.1. The highest BCUT2D eigenvalue weighted by molar-refractivity contribution is 7.90. The molecule has 1 heterocycles. The highest BCUT2D eigenvalue weighted by Crippen LogP contribution is 2.16. The Morgan fingerprint density at radius 2 is 1.95 bits per heavy atom. The van der Waals surface area contributed by atoms with Crippen LogP contribution in [-0.2, 0) is 22.0 Å². The highest BCUT2D eigenvalue weighted by atomic mass is 32.2. The maximum absolute atomic E-state index is 12.1. The molecule has 0 saturated heterocycles. The number of hydrogen-bond donors (Lipinski definition) is 1. The van der Waals surface area contributed by atoms with Crippen molar-refractivity contribution < 1.29 is 22.8 Å². The summed E-state index contributed by atoms with van der Waals surface area (Å²) in [6.45, 7) is 1.82. The van der Waals surface area contributed by atoms with E-state index in [1.807, 2.05) is 6.92 Å². The van der Waals surface area contributed by atoms with Gasteiger partial charge in [0.05, 0.1) is 10.5 Å². The lowest BCUT2D eigenvalue weighted by Crippen LogP contribution is -2.07. The van der Waals surface area contributed by atoms with Crippen LogP contribution in [0.2, 0.25) is 0 Å². The number of benzene rings is 1. The van der Waals surface area contributed by atoms with Gasteiger partial charge in [-0.1, -0.05) is 12.1 Å². The Morgan fingerprint density at radius 1 is 1.30 bits per heavy atom. The summed E-state index contributed by atoms with van der Waals surface area (Å²) in [5.74, 6) is -1.04. The second-order valence-electron chi connectivity index (χ2n) is 4.05. The second kappa shape index (κ2) is 5.41. The van der Waals surface area contributed by atoms with Crippen molar-refractivity contribution in [2.45, 2.75) is 24.0 Å². The summed E-state index contributed by atoms with van der Waals surface area (Å²) in [6.07, 6.45) is 0.528. The lowest BCUT2D eigenvalue weighted by atomic mass is 10.2. The summed E-state index contributed by atoms with van der Waals surface area (Å²) in [6, 6.07) is 4.98. The molecule has 0 unspecified atom stereocenters. The monoisotopic (exact) mass is 296 g/mol. The minimum absolute atomic E-state index is 0.0188. The van der Waals surface area contributed by atoms with Crippen molar-refractivity contribution >= 4 is 15.8 Å². The average molecular weight is 296 g/mol. The highest BCUT2D eigenvalue weighted by Gasteiger charge is 2.19. The Kier molecular flexibility index (Phi) is 3.84. The fourth-order valence-corrected chi connectivity index (χ4v) is 2.73. The molecule has 1 aromatic carbocycles. The summed E-state index contributed by atoms with van der Waals surface area (Å²) >= 11 is 0. The Morgan fingerprint density at radius 3 is 2.45 bits per heavy atom. The Bertz CT molecular complexity index is 719. The molecule has 2 aromatic rings. The van der Waals surface area contributed by atoms with Crippen molar-refractivity contribution in [2.75, 3.05) is 0 Å². The molecule has 0 atom stereocenters. The number of hydrogen-bond acceptors (Lipinski definition) is 6.